The first kappa shape index (κ1) is 9.58. The van der Waals surface area contributed by atoms with Crippen molar-refractivity contribution in [2.75, 3.05) is 0 Å². The molecule has 0 amide bonds. The molecule has 2 nitrogen and oxygen atoms in total. The van der Waals surface area contributed by atoms with E-state index in [2.05, 4.69) is 4.98 Å². The van der Waals surface area contributed by atoms with E-state index in [9.17, 15) is 9.18 Å². The first-order valence-corrected chi connectivity index (χ1v) is 5.56. The predicted molar refractivity (Wildman–Crippen MR) is 59.9 cm³/mol. The Labute approximate surface area is 92.5 Å². The number of ketones is 1. The number of benzene rings is 1. The molecule has 1 aliphatic carbocycles. The molecule has 0 atom stereocenters. The molecule has 1 aromatic carbocycles. The number of halogens is 1. The second kappa shape index (κ2) is 3.44. The molecule has 0 radical (unpaired) electrons. The largest absolute Gasteiger partial charge is 0.360 e. The Morgan fingerprint density at radius 3 is 2.88 bits per heavy atom. The minimum atomic E-state index is -0.281. The van der Waals surface area contributed by atoms with Gasteiger partial charge in [-0.1, -0.05) is 6.42 Å². The van der Waals surface area contributed by atoms with Crippen LogP contribution in [0.5, 0.6) is 0 Å². The summed E-state index contributed by atoms with van der Waals surface area (Å²) in [6.07, 6.45) is 4.83. The number of aromatic amines is 1. The minimum absolute atomic E-state index is 0.184. The molecule has 82 valence electrons. The molecular weight excluding hydrogens is 205 g/mol. The van der Waals surface area contributed by atoms with Gasteiger partial charge in [0.25, 0.3) is 0 Å². The first-order valence-electron chi connectivity index (χ1n) is 5.56. The highest BCUT2D eigenvalue weighted by Crippen LogP contribution is 2.32. The van der Waals surface area contributed by atoms with E-state index in [0.717, 1.165) is 24.6 Å². The Morgan fingerprint density at radius 1 is 1.38 bits per heavy atom. The average Bonchev–Trinajstić information content (AvgIpc) is 2.57. The summed E-state index contributed by atoms with van der Waals surface area (Å²) in [4.78, 5) is 15.0. The van der Waals surface area contributed by atoms with Crippen LogP contribution in [0.15, 0.2) is 24.4 Å². The molecule has 0 unspecified atom stereocenters. The number of Topliss-reactive ketones (excluding diaryl/α,β-unsaturated/α-hetero) is 1. The van der Waals surface area contributed by atoms with Crippen LogP contribution in [0.2, 0.25) is 0 Å². The molecule has 0 spiro atoms. The average molecular weight is 217 g/mol. The lowest BCUT2D eigenvalue weighted by Gasteiger charge is -2.23. The van der Waals surface area contributed by atoms with Crippen molar-refractivity contribution in [2.24, 2.45) is 5.92 Å². The highest BCUT2D eigenvalue weighted by molar-refractivity contribution is 6.09. The summed E-state index contributed by atoms with van der Waals surface area (Å²) in [7, 11) is 0. The van der Waals surface area contributed by atoms with Crippen LogP contribution in [-0.2, 0) is 0 Å². The lowest BCUT2D eigenvalue weighted by molar-refractivity contribution is 0.0857. The zero-order chi connectivity index (χ0) is 11.1. The van der Waals surface area contributed by atoms with E-state index in [0.29, 0.717) is 11.1 Å². The van der Waals surface area contributed by atoms with E-state index in [4.69, 9.17) is 0 Å². The Kier molecular flexibility index (Phi) is 2.06. The standard InChI is InChI=1S/C13H12FNO/c14-9-4-5-10-11(7-15-12(10)6-9)13(16)8-2-1-3-8/h4-8,15H,1-3H2. The van der Waals surface area contributed by atoms with Gasteiger partial charge in [0, 0.05) is 28.6 Å². The number of H-pyrrole nitrogens is 1. The normalized spacial score (nSPS) is 16.3. The van der Waals surface area contributed by atoms with Crippen molar-refractivity contribution >= 4 is 16.7 Å². The summed E-state index contributed by atoms with van der Waals surface area (Å²) in [5.41, 5.74) is 1.40. The van der Waals surface area contributed by atoms with Gasteiger partial charge in [0.05, 0.1) is 0 Å². The van der Waals surface area contributed by atoms with Crippen molar-refractivity contribution in [1.82, 2.24) is 4.98 Å². The molecular formula is C13H12FNO. The third kappa shape index (κ3) is 1.35. The minimum Gasteiger partial charge on any atom is -0.360 e. The molecule has 3 heteroatoms. The van der Waals surface area contributed by atoms with Crippen LogP contribution in [0.25, 0.3) is 10.9 Å². The second-order valence-electron chi connectivity index (χ2n) is 4.38. The summed E-state index contributed by atoms with van der Waals surface area (Å²) in [6, 6.07) is 4.49. The van der Waals surface area contributed by atoms with Crippen LogP contribution >= 0.6 is 0 Å². The van der Waals surface area contributed by atoms with Gasteiger partial charge in [-0.05, 0) is 31.0 Å². The first-order chi connectivity index (χ1) is 7.75. The number of aromatic nitrogens is 1. The van der Waals surface area contributed by atoms with Gasteiger partial charge in [-0.25, -0.2) is 4.39 Å². The topological polar surface area (TPSA) is 32.9 Å². The highest BCUT2D eigenvalue weighted by atomic mass is 19.1. The van der Waals surface area contributed by atoms with E-state index in [1.54, 1.807) is 12.3 Å². The second-order valence-corrected chi connectivity index (χ2v) is 4.38. The maximum Gasteiger partial charge on any atom is 0.168 e. The zero-order valence-electron chi connectivity index (χ0n) is 8.79. The number of rotatable bonds is 2. The Balaban J connectivity index is 2.06. The van der Waals surface area contributed by atoms with Gasteiger partial charge >= 0.3 is 0 Å². The van der Waals surface area contributed by atoms with Crippen LogP contribution in [0.3, 0.4) is 0 Å². The van der Waals surface area contributed by atoms with Gasteiger partial charge in [0.15, 0.2) is 5.78 Å². The molecule has 1 saturated carbocycles. The van der Waals surface area contributed by atoms with Gasteiger partial charge in [-0.2, -0.15) is 0 Å². The number of nitrogens with one attached hydrogen (secondary N) is 1. The number of fused-ring (bicyclic) bond motifs is 1. The molecule has 1 heterocycles. The van der Waals surface area contributed by atoms with E-state index >= 15 is 0 Å². The number of hydrogen-bond donors (Lipinski definition) is 1. The van der Waals surface area contributed by atoms with E-state index < -0.39 is 0 Å². The van der Waals surface area contributed by atoms with Crippen LogP contribution in [0.1, 0.15) is 29.6 Å². The molecule has 1 fully saturated rings. The molecule has 0 bridgehead atoms. The van der Waals surface area contributed by atoms with Crippen LogP contribution < -0.4 is 0 Å². The fourth-order valence-electron chi connectivity index (χ4n) is 2.19. The summed E-state index contributed by atoms with van der Waals surface area (Å²) >= 11 is 0. The molecule has 2 aromatic rings. The molecule has 1 N–H and O–H groups in total. The lowest BCUT2D eigenvalue weighted by Crippen LogP contribution is -2.21. The third-order valence-corrected chi connectivity index (χ3v) is 3.39. The Hall–Kier alpha value is -1.64. The summed E-state index contributed by atoms with van der Waals surface area (Å²) in [5, 5.41) is 0.832. The fraction of sp³-hybridized carbons (Fsp3) is 0.308. The van der Waals surface area contributed by atoms with Gasteiger partial charge in [-0.3, -0.25) is 4.79 Å². The molecule has 1 aliphatic rings. The zero-order valence-corrected chi connectivity index (χ0v) is 8.79. The number of carbonyl (C=O) groups is 1. The maximum absolute atomic E-state index is 13.0. The quantitative estimate of drug-likeness (QED) is 0.769. The van der Waals surface area contributed by atoms with Gasteiger partial charge in [-0.15, -0.1) is 0 Å². The summed E-state index contributed by atoms with van der Waals surface area (Å²) < 4.78 is 13.0. The van der Waals surface area contributed by atoms with Crippen molar-refractivity contribution in [3.8, 4) is 0 Å². The van der Waals surface area contributed by atoms with Gasteiger partial charge in [0.2, 0.25) is 0 Å². The van der Waals surface area contributed by atoms with Gasteiger partial charge in [0.1, 0.15) is 5.82 Å². The molecule has 1 aromatic heterocycles. The lowest BCUT2D eigenvalue weighted by atomic mass is 9.80. The molecule has 16 heavy (non-hydrogen) atoms. The third-order valence-electron chi connectivity index (χ3n) is 3.39. The van der Waals surface area contributed by atoms with Crippen LogP contribution in [0, 0.1) is 11.7 Å². The van der Waals surface area contributed by atoms with Crippen molar-refractivity contribution in [3.05, 3.63) is 35.8 Å². The molecule has 0 saturated heterocycles. The van der Waals surface area contributed by atoms with E-state index in [1.807, 2.05) is 0 Å². The van der Waals surface area contributed by atoms with E-state index in [-0.39, 0.29) is 17.5 Å². The maximum atomic E-state index is 13.0. The Bertz CT molecular complexity index is 554. The Morgan fingerprint density at radius 2 is 2.19 bits per heavy atom. The highest BCUT2D eigenvalue weighted by Gasteiger charge is 2.27. The fourth-order valence-corrected chi connectivity index (χ4v) is 2.19. The van der Waals surface area contributed by atoms with Crippen LogP contribution in [-0.4, -0.2) is 10.8 Å². The monoisotopic (exact) mass is 217 g/mol. The molecule has 0 aliphatic heterocycles. The SMILES string of the molecule is O=C(c1c[nH]c2cc(F)ccc12)C1CCC1. The van der Waals surface area contributed by atoms with Crippen molar-refractivity contribution < 1.29 is 9.18 Å². The number of carbonyl (C=O) groups excluding carboxylic acids is 1. The number of hydrogen-bond acceptors (Lipinski definition) is 1. The van der Waals surface area contributed by atoms with Gasteiger partial charge < -0.3 is 4.98 Å². The van der Waals surface area contributed by atoms with Crippen LogP contribution in [0.4, 0.5) is 4.39 Å². The predicted octanol–water partition coefficient (Wildman–Crippen LogP) is 3.29. The van der Waals surface area contributed by atoms with Crippen molar-refractivity contribution in [1.29, 1.82) is 0 Å². The molecule has 3 rings (SSSR count). The summed E-state index contributed by atoms with van der Waals surface area (Å²) in [5.74, 6) is 0.102. The summed E-state index contributed by atoms with van der Waals surface area (Å²) in [6.45, 7) is 0. The van der Waals surface area contributed by atoms with E-state index in [1.165, 1.54) is 12.1 Å². The van der Waals surface area contributed by atoms with Crippen molar-refractivity contribution in [3.63, 3.8) is 0 Å². The van der Waals surface area contributed by atoms with Crippen molar-refractivity contribution in [2.45, 2.75) is 19.3 Å². The smallest absolute Gasteiger partial charge is 0.168 e.